The van der Waals surface area contributed by atoms with Crippen molar-refractivity contribution in [1.82, 2.24) is 19.0 Å². The predicted molar refractivity (Wildman–Crippen MR) is 62.5 cm³/mol. The second kappa shape index (κ2) is 5.36. The Balaban J connectivity index is 2.09. The number of rotatable bonds is 4. The fourth-order valence-corrected chi connectivity index (χ4v) is 2.41. The Morgan fingerprint density at radius 2 is 2.62 bits per heavy atom. The minimum Gasteiger partial charge on any atom is -0.333 e. The van der Waals surface area contributed by atoms with Crippen LogP contribution in [0.4, 0.5) is 0 Å². The zero-order valence-electron chi connectivity index (χ0n) is 9.35. The van der Waals surface area contributed by atoms with Gasteiger partial charge in [-0.25, -0.2) is 0 Å². The van der Waals surface area contributed by atoms with E-state index in [0.717, 1.165) is 44.2 Å². The second-order valence-electron chi connectivity index (χ2n) is 3.94. The van der Waals surface area contributed by atoms with E-state index >= 15 is 0 Å². The summed E-state index contributed by atoms with van der Waals surface area (Å²) in [4.78, 5) is 14.1. The van der Waals surface area contributed by atoms with Gasteiger partial charge < -0.3 is 10.2 Å². The summed E-state index contributed by atoms with van der Waals surface area (Å²) < 4.78 is 7.89. The molecule has 6 heteroatoms. The van der Waals surface area contributed by atoms with Crippen molar-refractivity contribution < 1.29 is 4.79 Å². The van der Waals surface area contributed by atoms with Gasteiger partial charge in [0.1, 0.15) is 0 Å². The molecule has 2 rings (SSSR count). The lowest BCUT2D eigenvalue weighted by Gasteiger charge is -2.27. The highest BCUT2D eigenvalue weighted by Gasteiger charge is 2.27. The normalized spacial score (nSPS) is 19.9. The van der Waals surface area contributed by atoms with Gasteiger partial charge in [-0.05, 0) is 19.4 Å². The van der Waals surface area contributed by atoms with Crippen molar-refractivity contribution in [3.05, 3.63) is 11.9 Å². The number of carbonyl (C=O) groups is 1. The molecule has 0 bridgehead atoms. The van der Waals surface area contributed by atoms with E-state index < -0.39 is 0 Å². The average Bonchev–Trinajstić information content (AvgIpc) is 2.96. The molecule has 16 heavy (non-hydrogen) atoms. The third-order valence-electron chi connectivity index (χ3n) is 2.78. The summed E-state index contributed by atoms with van der Waals surface area (Å²) in [5, 5.41) is 3.28. The van der Waals surface area contributed by atoms with Crippen LogP contribution in [0, 0.1) is 0 Å². The van der Waals surface area contributed by atoms with Gasteiger partial charge in [-0.1, -0.05) is 6.92 Å². The molecule has 1 N–H and O–H groups in total. The maximum atomic E-state index is 12.2. The summed E-state index contributed by atoms with van der Waals surface area (Å²) in [7, 11) is 0. The van der Waals surface area contributed by atoms with E-state index in [1.807, 2.05) is 4.90 Å². The van der Waals surface area contributed by atoms with E-state index in [1.165, 1.54) is 0 Å². The second-order valence-corrected chi connectivity index (χ2v) is 4.49. The molecule has 1 atom stereocenters. The molecule has 88 valence electrons. The molecule has 2 heterocycles. The van der Waals surface area contributed by atoms with Gasteiger partial charge in [-0.2, -0.15) is 8.75 Å². The van der Waals surface area contributed by atoms with Crippen LogP contribution < -0.4 is 5.32 Å². The number of hydrogen-bond acceptors (Lipinski definition) is 5. The summed E-state index contributed by atoms with van der Waals surface area (Å²) in [6.45, 7) is 4.77. The maximum Gasteiger partial charge on any atom is 0.275 e. The highest BCUT2D eigenvalue weighted by molar-refractivity contribution is 6.99. The third-order valence-corrected chi connectivity index (χ3v) is 3.26. The molecular formula is C10H16N4OS. The van der Waals surface area contributed by atoms with Gasteiger partial charge in [0.25, 0.3) is 5.91 Å². The molecule has 1 aromatic heterocycles. The van der Waals surface area contributed by atoms with Gasteiger partial charge in [0.2, 0.25) is 0 Å². The summed E-state index contributed by atoms with van der Waals surface area (Å²) in [6, 6.07) is 0.314. The van der Waals surface area contributed by atoms with Crippen molar-refractivity contribution in [2.45, 2.75) is 25.8 Å². The largest absolute Gasteiger partial charge is 0.333 e. The quantitative estimate of drug-likeness (QED) is 0.844. The van der Waals surface area contributed by atoms with Crippen molar-refractivity contribution in [3.63, 3.8) is 0 Å². The van der Waals surface area contributed by atoms with Gasteiger partial charge in [0.15, 0.2) is 5.69 Å². The van der Waals surface area contributed by atoms with Crippen molar-refractivity contribution >= 4 is 17.6 Å². The van der Waals surface area contributed by atoms with Crippen LogP contribution in [0.5, 0.6) is 0 Å². The van der Waals surface area contributed by atoms with Crippen LogP contribution in [-0.4, -0.2) is 45.2 Å². The molecule has 1 aliphatic heterocycles. The molecular weight excluding hydrogens is 224 g/mol. The molecule has 0 radical (unpaired) electrons. The van der Waals surface area contributed by atoms with E-state index in [0.29, 0.717) is 11.7 Å². The molecule has 0 aromatic carbocycles. The van der Waals surface area contributed by atoms with E-state index in [1.54, 1.807) is 6.20 Å². The first-order valence-electron chi connectivity index (χ1n) is 5.62. The van der Waals surface area contributed by atoms with Crippen molar-refractivity contribution in [2.75, 3.05) is 19.6 Å². The minimum atomic E-state index is 0.0179. The zero-order chi connectivity index (χ0) is 11.4. The van der Waals surface area contributed by atoms with Crippen LogP contribution in [0.2, 0.25) is 0 Å². The Kier molecular flexibility index (Phi) is 3.84. The molecule has 1 fully saturated rings. The Bertz CT molecular complexity index is 335. The Labute approximate surface area is 99.2 Å². The van der Waals surface area contributed by atoms with Gasteiger partial charge in [0, 0.05) is 19.1 Å². The fraction of sp³-hybridized carbons (Fsp3) is 0.700. The molecule has 0 aliphatic carbocycles. The number of hydrogen-bond donors (Lipinski definition) is 1. The summed E-state index contributed by atoms with van der Waals surface area (Å²) in [5.41, 5.74) is 0.477. The molecule has 0 spiro atoms. The first-order valence-corrected chi connectivity index (χ1v) is 6.35. The van der Waals surface area contributed by atoms with Gasteiger partial charge in [-0.15, -0.1) is 0 Å². The highest BCUT2D eigenvalue weighted by atomic mass is 32.1. The van der Waals surface area contributed by atoms with E-state index in [2.05, 4.69) is 21.0 Å². The van der Waals surface area contributed by atoms with Crippen LogP contribution in [0.25, 0.3) is 0 Å². The zero-order valence-corrected chi connectivity index (χ0v) is 10.2. The first kappa shape index (κ1) is 11.5. The SMILES string of the molecule is CCCN(C(=O)c1cnsn1)C1CCNC1. The van der Waals surface area contributed by atoms with Crippen molar-refractivity contribution in [2.24, 2.45) is 0 Å². The first-order chi connectivity index (χ1) is 7.83. The van der Waals surface area contributed by atoms with E-state index in [9.17, 15) is 4.79 Å². The fourth-order valence-electron chi connectivity index (χ4n) is 2.00. The number of amides is 1. The molecule has 1 amide bonds. The predicted octanol–water partition coefficient (Wildman–Crippen LogP) is 0.752. The molecule has 1 aliphatic rings. The minimum absolute atomic E-state index is 0.0179. The molecule has 1 unspecified atom stereocenters. The summed E-state index contributed by atoms with van der Waals surface area (Å²) in [6.07, 6.45) is 3.56. The van der Waals surface area contributed by atoms with Crippen LogP contribution in [0.15, 0.2) is 6.20 Å². The van der Waals surface area contributed by atoms with Crippen LogP contribution >= 0.6 is 11.7 Å². The van der Waals surface area contributed by atoms with Gasteiger partial charge in [0.05, 0.1) is 17.9 Å². The standard InChI is InChI=1S/C10H16N4OS/c1-2-5-14(8-3-4-11-6-8)10(15)9-7-12-16-13-9/h7-8,11H,2-6H2,1H3. The smallest absolute Gasteiger partial charge is 0.275 e. The average molecular weight is 240 g/mol. The Morgan fingerprint density at radius 1 is 1.75 bits per heavy atom. The van der Waals surface area contributed by atoms with Gasteiger partial charge >= 0.3 is 0 Å². The number of nitrogens with one attached hydrogen (secondary N) is 1. The Morgan fingerprint density at radius 3 is 3.19 bits per heavy atom. The van der Waals surface area contributed by atoms with Crippen LogP contribution in [0.1, 0.15) is 30.3 Å². The van der Waals surface area contributed by atoms with Crippen LogP contribution in [0.3, 0.4) is 0 Å². The van der Waals surface area contributed by atoms with Crippen molar-refractivity contribution in [3.8, 4) is 0 Å². The Hall–Kier alpha value is -1.01. The van der Waals surface area contributed by atoms with Crippen molar-refractivity contribution in [1.29, 1.82) is 0 Å². The maximum absolute atomic E-state index is 12.2. The molecule has 1 aromatic rings. The number of aromatic nitrogens is 2. The van der Waals surface area contributed by atoms with Crippen LogP contribution in [-0.2, 0) is 0 Å². The topological polar surface area (TPSA) is 58.1 Å². The number of nitrogens with zero attached hydrogens (tertiary/aromatic N) is 3. The molecule has 0 saturated carbocycles. The monoisotopic (exact) mass is 240 g/mol. The summed E-state index contributed by atoms with van der Waals surface area (Å²) >= 11 is 1.08. The van der Waals surface area contributed by atoms with E-state index in [4.69, 9.17) is 0 Å². The number of carbonyl (C=O) groups excluding carboxylic acids is 1. The molecule has 5 nitrogen and oxygen atoms in total. The lowest BCUT2D eigenvalue weighted by Crippen LogP contribution is -2.42. The third kappa shape index (κ3) is 2.38. The lowest BCUT2D eigenvalue weighted by molar-refractivity contribution is 0.0687. The summed E-state index contributed by atoms with van der Waals surface area (Å²) in [5.74, 6) is 0.0179. The highest BCUT2D eigenvalue weighted by Crippen LogP contribution is 2.13. The van der Waals surface area contributed by atoms with E-state index in [-0.39, 0.29) is 5.91 Å². The molecule has 1 saturated heterocycles. The van der Waals surface area contributed by atoms with Gasteiger partial charge in [-0.3, -0.25) is 4.79 Å². The lowest BCUT2D eigenvalue weighted by atomic mass is 10.2.